The first-order valence-corrected chi connectivity index (χ1v) is 10.2. The smallest absolute Gasteiger partial charge is 0.286 e. The van der Waals surface area contributed by atoms with Crippen molar-refractivity contribution in [1.29, 1.82) is 0 Å². The van der Waals surface area contributed by atoms with Gasteiger partial charge in [-0.25, -0.2) is 4.98 Å². The number of aryl methyl sites for hydroxylation is 2. The summed E-state index contributed by atoms with van der Waals surface area (Å²) in [5.74, 6) is 0.753. The maximum atomic E-state index is 12.7. The lowest BCUT2D eigenvalue weighted by molar-refractivity contribution is -0.116. The van der Waals surface area contributed by atoms with Gasteiger partial charge in [0.05, 0.1) is 17.3 Å². The molecule has 31 heavy (non-hydrogen) atoms. The van der Waals surface area contributed by atoms with E-state index in [2.05, 4.69) is 10.6 Å². The lowest BCUT2D eigenvalue weighted by Crippen LogP contribution is -2.25. The third kappa shape index (κ3) is 5.01. The zero-order valence-corrected chi connectivity index (χ0v) is 17.3. The number of hydrogen-bond donors (Lipinski definition) is 2. The molecule has 4 aromatic rings. The van der Waals surface area contributed by atoms with Gasteiger partial charge in [0.2, 0.25) is 5.91 Å². The second-order valence-corrected chi connectivity index (χ2v) is 7.35. The highest BCUT2D eigenvalue weighted by atomic mass is 16.3. The van der Waals surface area contributed by atoms with Crippen molar-refractivity contribution in [3.8, 4) is 0 Å². The second-order valence-electron chi connectivity index (χ2n) is 7.35. The van der Waals surface area contributed by atoms with Gasteiger partial charge in [-0.3, -0.25) is 9.59 Å². The molecule has 2 amide bonds. The maximum Gasteiger partial charge on any atom is 0.286 e. The van der Waals surface area contributed by atoms with Crippen LogP contribution in [0.4, 0.5) is 5.69 Å². The molecule has 158 valence electrons. The molecule has 2 N–H and O–H groups in total. The van der Waals surface area contributed by atoms with E-state index < -0.39 is 0 Å². The first-order chi connectivity index (χ1) is 15.1. The van der Waals surface area contributed by atoms with Gasteiger partial charge in [0.15, 0.2) is 5.76 Å². The van der Waals surface area contributed by atoms with E-state index >= 15 is 0 Å². The number of hydrogen-bond acceptors (Lipinski definition) is 4. The van der Waals surface area contributed by atoms with E-state index in [0.717, 1.165) is 28.1 Å². The zero-order valence-electron chi connectivity index (χ0n) is 17.3. The number of nitrogens with zero attached hydrogens (tertiary/aromatic N) is 2. The third-order valence-corrected chi connectivity index (χ3v) is 4.98. The monoisotopic (exact) mass is 416 g/mol. The first kappa shape index (κ1) is 20.4. The summed E-state index contributed by atoms with van der Waals surface area (Å²) >= 11 is 0. The van der Waals surface area contributed by atoms with Crippen LogP contribution in [-0.4, -0.2) is 27.9 Å². The van der Waals surface area contributed by atoms with Gasteiger partial charge in [-0.2, -0.15) is 0 Å². The largest absolute Gasteiger partial charge is 0.459 e. The van der Waals surface area contributed by atoms with Gasteiger partial charge in [-0.1, -0.05) is 29.8 Å². The van der Waals surface area contributed by atoms with Crippen LogP contribution in [0.2, 0.25) is 0 Å². The first-order valence-electron chi connectivity index (χ1n) is 10.2. The van der Waals surface area contributed by atoms with Gasteiger partial charge in [0, 0.05) is 18.7 Å². The molecule has 7 heteroatoms. The summed E-state index contributed by atoms with van der Waals surface area (Å²) in [6, 6.07) is 18.8. The lowest BCUT2D eigenvalue weighted by atomic mass is 10.2. The van der Waals surface area contributed by atoms with Crippen molar-refractivity contribution in [2.45, 2.75) is 26.3 Å². The Bertz CT molecular complexity index is 1180. The number of rotatable bonds is 8. The molecule has 0 bridgehead atoms. The Morgan fingerprint density at radius 1 is 1.03 bits per heavy atom. The standard InChI is InChI=1S/C24H24N4O3/c1-17-10-12-18(13-11-17)26-23(29)16-28-20-7-3-2-6-19(20)27-22(28)9-4-14-25-24(30)21-8-5-15-31-21/h2-3,5-8,10-13,15H,4,9,14,16H2,1H3,(H,25,30)(H,26,29). The molecule has 2 aromatic heterocycles. The van der Waals surface area contributed by atoms with E-state index in [4.69, 9.17) is 9.40 Å². The lowest BCUT2D eigenvalue weighted by Gasteiger charge is -2.11. The van der Waals surface area contributed by atoms with Crippen molar-refractivity contribution >= 4 is 28.5 Å². The highest BCUT2D eigenvalue weighted by Crippen LogP contribution is 2.18. The van der Waals surface area contributed by atoms with Crippen molar-refractivity contribution in [2.75, 3.05) is 11.9 Å². The molecule has 0 aliphatic carbocycles. The van der Waals surface area contributed by atoms with Crippen LogP contribution in [0.5, 0.6) is 0 Å². The van der Waals surface area contributed by atoms with Crippen LogP contribution in [0.15, 0.2) is 71.3 Å². The molecule has 7 nitrogen and oxygen atoms in total. The molecular weight excluding hydrogens is 392 g/mol. The maximum absolute atomic E-state index is 12.7. The molecule has 2 aromatic carbocycles. The van der Waals surface area contributed by atoms with E-state index in [0.29, 0.717) is 25.1 Å². The second kappa shape index (κ2) is 9.30. The van der Waals surface area contributed by atoms with Gasteiger partial charge >= 0.3 is 0 Å². The van der Waals surface area contributed by atoms with Gasteiger partial charge in [0.1, 0.15) is 12.4 Å². The number of fused-ring (bicyclic) bond motifs is 1. The van der Waals surface area contributed by atoms with Gasteiger partial charge < -0.3 is 19.6 Å². The predicted octanol–water partition coefficient (Wildman–Crippen LogP) is 3.94. The van der Waals surface area contributed by atoms with E-state index in [1.165, 1.54) is 6.26 Å². The molecule has 0 atom stereocenters. The highest BCUT2D eigenvalue weighted by molar-refractivity contribution is 5.92. The van der Waals surface area contributed by atoms with Gasteiger partial charge in [-0.05, 0) is 49.7 Å². The van der Waals surface area contributed by atoms with E-state index in [-0.39, 0.29) is 18.4 Å². The minimum atomic E-state index is -0.240. The van der Waals surface area contributed by atoms with Crippen molar-refractivity contribution in [3.63, 3.8) is 0 Å². The Hall–Kier alpha value is -3.87. The quantitative estimate of drug-likeness (QED) is 0.426. The summed E-state index contributed by atoms with van der Waals surface area (Å²) in [6.07, 6.45) is 2.79. The van der Waals surface area contributed by atoms with E-state index in [1.54, 1.807) is 12.1 Å². The van der Waals surface area contributed by atoms with Gasteiger partial charge in [-0.15, -0.1) is 0 Å². The third-order valence-electron chi connectivity index (χ3n) is 4.98. The minimum Gasteiger partial charge on any atom is -0.459 e. The van der Waals surface area contributed by atoms with Crippen LogP contribution >= 0.6 is 0 Å². The number of amides is 2. The number of benzene rings is 2. The molecule has 0 fully saturated rings. The fraction of sp³-hybridized carbons (Fsp3) is 0.208. The molecular formula is C24H24N4O3. The Morgan fingerprint density at radius 2 is 1.84 bits per heavy atom. The average molecular weight is 416 g/mol. The van der Waals surface area contributed by atoms with E-state index in [9.17, 15) is 9.59 Å². The normalized spacial score (nSPS) is 10.9. The fourth-order valence-corrected chi connectivity index (χ4v) is 3.42. The van der Waals surface area contributed by atoms with Crippen LogP contribution in [0.3, 0.4) is 0 Å². The minimum absolute atomic E-state index is 0.112. The molecule has 0 radical (unpaired) electrons. The summed E-state index contributed by atoms with van der Waals surface area (Å²) in [6.45, 7) is 2.66. The fourth-order valence-electron chi connectivity index (χ4n) is 3.42. The van der Waals surface area contributed by atoms with Gasteiger partial charge in [0.25, 0.3) is 5.91 Å². The Labute approximate surface area is 180 Å². The zero-order chi connectivity index (χ0) is 21.6. The molecule has 0 unspecified atom stereocenters. The summed E-state index contributed by atoms with van der Waals surface area (Å²) in [5.41, 5.74) is 3.67. The molecule has 0 aliphatic rings. The van der Waals surface area contributed by atoms with Crippen molar-refractivity contribution in [3.05, 3.63) is 84.1 Å². The van der Waals surface area contributed by atoms with Crippen molar-refractivity contribution in [2.24, 2.45) is 0 Å². The van der Waals surface area contributed by atoms with Crippen LogP contribution in [-0.2, 0) is 17.8 Å². The van der Waals surface area contributed by atoms with Crippen molar-refractivity contribution in [1.82, 2.24) is 14.9 Å². The molecule has 0 saturated carbocycles. The average Bonchev–Trinajstić information content (AvgIpc) is 3.42. The number of para-hydroxylation sites is 2. The molecule has 0 aliphatic heterocycles. The predicted molar refractivity (Wildman–Crippen MR) is 119 cm³/mol. The molecule has 2 heterocycles. The summed E-state index contributed by atoms with van der Waals surface area (Å²) in [5, 5.41) is 5.78. The summed E-state index contributed by atoms with van der Waals surface area (Å²) < 4.78 is 7.03. The number of anilines is 1. The number of carbonyl (C=O) groups excluding carboxylic acids is 2. The Balaban J connectivity index is 1.42. The van der Waals surface area contributed by atoms with Crippen LogP contribution in [0.25, 0.3) is 11.0 Å². The highest BCUT2D eigenvalue weighted by Gasteiger charge is 2.14. The Kier molecular flexibility index (Phi) is 6.12. The van der Waals surface area contributed by atoms with Crippen LogP contribution in [0, 0.1) is 6.92 Å². The van der Waals surface area contributed by atoms with Crippen molar-refractivity contribution < 1.29 is 14.0 Å². The van der Waals surface area contributed by atoms with Crippen LogP contribution < -0.4 is 10.6 Å². The SMILES string of the molecule is Cc1ccc(NC(=O)Cn2c(CCCNC(=O)c3ccco3)nc3ccccc32)cc1. The number of carbonyl (C=O) groups is 2. The van der Waals surface area contributed by atoms with Crippen LogP contribution in [0.1, 0.15) is 28.4 Å². The number of imidazole rings is 1. The summed E-state index contributed by atoms with van der Waals surface area (Å²) in [7, 11) is 0. The number of furan rings is 1. The Morgan fingerprint density at radius 3 is 2.61 bits per heavy atom. The van der Waals surface area contributed by atoms with E-state index in [1.807, 2.05) is 60.0 Å². The molecule has 4 rings (SSSR count). The number of nitrogens with one attached hydrogen (secondary N) is 2. The number of aromatic nitrogens is 2. The molecule has 0 saturated heterocycles. The molecule has 0 spiro atoms. The summed E-state index contributed by atoms with van der Waals surface area (Å²) in [4.78, 5) is 29.4. The topological polar surface area (TPSA) is 89.2 Å².